The van der Waals surface area contributed by atoms with Crippen LogP contribution in [-0.4, -0.2) is 55.7 Å². The van der Waals surface area contributed by atoms with Gasteiger partial charge in [-0.05, 0) is 20.8 Å². The monoisotopic (exact) mass is 380 g/mol. The van der Waals surface area contributed by atoms with Crippen LogP contribution in [0.1, 0.15) is 31.3 Å². The smallest absolute Gasteiger partial charge is 0.358 e. The van der Waals surface area contributed by atoms with Gasteiger partial charge in [0.1, 0.15) is 5.69 Å². The molecule has 0 aliphatic heterocycles. The SMILES string of the molecule is CCOC(=O)c1c(F)c(N(C(C(=O)O)C(C)(C)OC)S(=O)O)cn1C. The summed E-state index contributed by atoms with van der Waals surface area (Å²) in [5, 5.41) is 9.49. The molecular weight excluding hydrogens is 359 g/mol. The van der Waals surface area contributed by atoms with E-state index in [2.05, 4.69) is 0 Å². The quantitative estimate of drug-likeness (QED) is 0.513. The zero-order chi connectivity index (χ0) is 19.5. The molecule has 0 saturated carbocycles. The van der Waals surface area contributed by atoms with Crippen LogP contribution in [0.3, 0.4) is 0 Å². The first kappa shape index (κ1) is 21.1. The maximum atomic E-state index is 14.8. The van der Waals surface area contributed by atoms with E-state index in [9.17, 15) is 27.8 Å². The summed E-state index contributed by atoms with van der Waals surface area (Å²) in [6.45, 7) is 4.29. The Bertz CT molecular complexity index is 689. The number of halogens is 1. The van der Waals surface area contributed by atoms with Crippen molar-refractivity contribution in [1.29, 1.82) is 0 Å². The van der Waals surface area contributed by atoms with E-state index in [1.165, 1.54) is 34.9 Å². The number of rotatable bonds is 8. The number of carbonyl (C=O) groups excluding carboxylic acids is 1. The number of carboxylic acid groups (broad SMARTS) is 1. The average Bonchev–Trinajstić information content (AvgIpc) is 2.78. The minimum Gasteiger partial charge on any atom is -0.480 e. The van der Waals surface area contributed by atoms with Crippen LogP contribution in [0.4, 0.5) is 10.1 Å². The molecule has 9 nitrogen and oxygen atoms in total. The third-order valence-corrected chi connectivity index (χ3v) is 4.37. The van der Waals surface area contributed by atoms with Crippen molar-refractivity contribution in [3.05, 3.63) is 17.7 Å². The van der Waals surface area contributed by atoms with Gasteiger partial charge in [0.05, 0.1) is 12.2 Å². The Morgan fingerprint density at radius 3 is 2.44 bits per heavy atom. The third-order valence-electron chi connectivity index (χ3n) is 3.63. The fourth-order valence-electron chi connectivity index (χ4n) is 2.27. The third kappa shape index (κ3) is 4.17. The topological polar surface area (TPSA) is 118 Å². The van der Waals surface area contributed by atoms with Crippen molar-refractivity contribution in [1.82, 2.24) is 4.57 Å². The number of aliphatic carboxylic acids is 1. The van der Waals surface area contributed by atoms with Gasteiger partial charge in [0, 0.05) is 20.4 Å². The van der Waals surface area contributed by atoms with E-state index in [0.717, 1.165) is 10.8 Å². The predicted molar refractivity (Wildman–Crippen MR) is 87.1 cm³/mol. The number of carboxylic acids is 1. The summed E-state index contributed by atoms with van der Waals surface area (Å²) in [4.78, 5) is 23.5. The van der Waals surface area contributed by atoms with Crippen molar-refractivity contribution < 1.29 is 37.3 Å². The lowest BCUT2D eigenvalue weighted by Gasteiger charge is -2.36. The van der Waals surface area contributed by atoms with E-state index in [1.54, 1.807) is 0 Å². The van der Waals surface area contributed by atoms with Gasteiger partial charge in [-0.15, -0.1) is 0 Å². The molecule has 142 valence electrons. The van der Waals surface area contributed by atoms with Gasteiger partial charge in [-0.1, -0.05) is 0 Å². The van der Waals surface area contributed by atoms with Crippen LogP contribution in [0.2, 0.25) is 0 Å². The Labute approximate surface area is 146 Å². The van der Waals surface area contributed by atoms with E-state index in [4.69, 9.17) is 9.47 Å². The molecule has 0 radical (unpaired) electrons. The molecule has 1 aromatic rings. The molecular formula is C14H21FN2O7S. The number of esters is 1. The molecule has 1 heterocycles. The maximum absolute atomic E-state index is 14.8. The zero-order valence-corrected chi connectivity index (χ0v) is 15.3. The van der Waals surface area contributed by atoms with Gasteiger partial charge < -0.3 is 19.1 Å². The highest BCUT2D eigenvalue weighted by Crippen LogP contribution is 2.32. The van der Waals surface area contributed by atoms with Gasteiger partial charge in [0.15, 0.2) is 17.6 Å². The fourth-order valence-corrected chi connectivity index (χ4v) is 3.09. The van der Waals surface area contributed by atoms with Crippen molar-refractivity contribution in [2.45, 2.75) is 32.4 Å². The summed E-state index contributed by atoms with van der Waals surface area (Å²) >= 11 is -2.91. The number of nitrogens with zero attached hydrogens (tertiary/aromatic N) is 2. The van der Waals surface area contributed by atoms with Crippen LogP contribution >= 0.6 is 0 Å². The molecule has 2 atom stereocenters. The summed E-state index contributed by atoms with van der Waals surface area (Å²) in [5.41, 5.74) is -2.48. The lowest BCUT2D eigenvalue weighted by molar-refractivity contribution is -0.145. The second kappa shape index (κ2) is 7.93. The Balaban J connectivity index is 3.56. The number of hydrogen-bond donors (Lipinski definition) is 2. The molecule has 0 amide bonds. The molecule has 1 aromatic heterocycles. The number of aryl methyl sites for hydroxylation is 1. The number of ether oxygens (including phenoxy) is 2. The summed E-state index contributed by atoms with van der Waals surface area (Å²) in [5.74, 6) is -3.65. The van der Waals surface area contributed by atoms with Crippen LogP contribution in [0.25, 0.3) is 0 Å². The Kier molecular flexibility index (Phi) is 6.68. The first-order valence-electron chi connectivity index (χ1n) is 7.19. The number of carbonyl (C=O) groups is 2. The molecule has 0 aliphatic carbocycles. The second-order valence-corrected chi connectivity index (χ2v) is 6.47. The van der Waals surface area contributed by atoms with Gasteiger partial charge in [-0.25, -0.2) is 22.5 Å². The lowest BCUT2D eigenvalue weighted by Crippen LogP contribution is -2.56. The molecule has 2 unspecified atom stereocenters. The molecule has 11 heteroatoms. The van der Waals surface area contributed by atoms with Crippen molar-refractivity contribution >= 4 is 28.9 Å². The van der Waals surface area contributed by atoms with Crippen LogP contribution in [0.15, 0.2) is 6.20 Å². The highest BCUT2D eigenvalue weighted by molar-refractivity contribution is 7.80. The van der Waals surface area contributed by atoms with Crippen molar-refractivity contribution in [2.75, 3.05) is 18.0 Å². The summed E-state index contributed by atoms with van der Waals surface area (Å²) in [6, 6.07) is -1.71. The number of hydrogen-bond acceptors (Lipinski definition) is 5. The van der Waals surface area contributed by atoms with E-state index in [0.29, 0.717) is 4.31 Å². The van der Waals surface area contributed by atoms with Crippen molar-refractivity contribution in [3.8, 4) is 0 Å². The van der Waals surface area contributed by atoms with Gasteiger partial charge in [-0.2, -0.15) is 0 Å². The van der Waals surface area contributed by atoms with E-state index >= 15 is 0 Å². The Morgan fingerprint density at radius 1 is 1.48 bits per heavy atom. The molecule has 2 N–H and O–H groups in total. The van der Waals surface area contributed by atoms with Gasteiger partial charge in [-0.3, -0.25) is 4.55 Å². The first-order valence-corrected chi connectivity index (χ1v) is 8.26. The molecule has 0 bridgehead atoms. The van der Waals surface area contributed by atoms with E-state index in [1.807, 2.05) is 0 Å². The van der Waals surface area contributed by atoms with Gasteiger partial charge >= 0.3 is 11.9 Å². The zero-order valence-electron chi connectivity index (χ0n) is 14.5. The Morgan fingerprint density at radius 2 is 2.04 bits per heavy atom. The molecule has 0 aliphatic rings. The predicted octanol–water partition coefficient (Wildman–Crippen LogP) is 1.16. The van der Waals surface area contributed by atoms with Crippen LogP contribution in [0, 0.1) is 5.82 Å². The molecule has 1 rings (SSSR count). The molecule has 0 saturated heterocycles. The summed E-state index contributed by atoms with van der Waals surface area (Å²) in [7, 11) is 2.55. The van der Waals surface area contributed by atoms with Crippen LogP contribution < -0.4 is 4.31 Å². The second-order valence-electron chi connectivity index (χ2n) is 5.61. The average molecular weight is 380 g/mol. The summed E-state index contributed by atoms with van der Waals surface area (Å²) < 4.78 is 47.5. The maximum Gasteiger partial charge on any atom is 0.358 e. The number of methoxy groups -OCH3 is 1. The van der Waals surface area contributed by atoms with Crippen LogP contribution in [0.5, 0.6) is 0 Å². The Hall–Kier alpha value is -1.98. The molecule has 0 aromatic carbocycles. The van der Waals surface area contributed by atoms with E-state index in [-0.39, 0.29) is 6.61 Å². The van der Waals surface area contributed by atoms with E-state index < -0.39 is 52.0 Å². The summed E-state index contributed by atoms with van der Waals surface area (Å²) in [6.07, 6.45) is 1.04. The number of aromatic nitrogens is 1. The minimum absolute atomic E-state index is 0.00287. The fraction of sp³-hybridized carbons (Fsp3) is 0.571. The standard InChI is InChI=1S/C14H21FN2O7S/c1-6-24-13(20)10-9(15)8(7-16(10)4)17(25(21)22)11(12(18)19)14(2,3)23-5/h7,11H,6H2,1-5H3,(H,18,19)(H,21,22). The largest absolute Gasteiger partial charge is 0.480 e. The highest BCUT2D eigenvalue weighted by Gasteiger charge is 2.45. The minimum atomic E-state index is -2.91. The van der Waals surface area contributed by atoms with Crippen molar-refractivity contribution in [2.24, 2.45) is 7.05 Å². The van der Waals surface area contributed by atoms with Crippen LogP contribution in [-0.2, 0) is 32.6 Å². The first-order chi connectivity index (χ1) is 11.5. The molecule has 0 spiro atoms. The van der Waals surface area contributed by atoms with Gasteiger partial charge in [0.25, 0.3) is 11.3 Å². The molecule has 25 heavy (non-hydrogen) atoms. The number of anilines is 1. The molecule has 0 fully saturated rings. The van der Waals surface area contributed by atoms with Crippen molar-refractivity contribution in [3.63, 3.8) is 0 Å². The van der Waals surface area contributed by atoms with Gasteiger partial charge in [0.2, 0.25) is 0 Å². The highest BCUT2D eigenvalue weighted by atomic mass is 32.2. The normalized spacial score (nSPS) is 14.0. The lowest BCUT2D eigenvalue weighted by atomic mass is 9.98.